The van der Waals surface area contributed by atoms with Crippen molar-refractivity contribution in [2.24, 2.45) is 0 Å². The lowest BCUT2D eigenvalue weighted by Crippen LogP contribution is -2.14. The van der Waals surface area contributed by atoms with Crippen LogP contribution in [0.2, 0.25) is 0 Å². The summed E-state index contributed by atoms with van der Waals surface area (Å²) < 4.78 is 0. The molecule has 78 valence electrons. The Morgan fingerprint density at radius 1 is 1.57 bits per heavy atom. The molecule has 1 heterocycles. The highest BCUT2D eigenvalue weighted by Crippen LogP contribution is 2.09. The number of rotatable bonds is 4. The fourth-order valence-corrected chi connectivity index (χ4v) is 1.26. The number of hydrogen-bond acceptors (Lipinski definition) is 5. The molecule has 5 heteroatoms. The van der Waals surface area contributed by atoms with Gasteiger partial charge < -0.3 is 11.1 Å². The van der Waals surface area contributed by atoms with Gasteiger partial charge in [0.05, 0.1) is 0 Å². The molecule has 0 saturated heterocycles. The number of nitrogens with zero attached hydrogens (tertiary/aromatic N) is 2. The maximum atomic E-state index is 5.53. The van der Waals surface area contributed by atoms with Crippen LogP contribution in [0, 0.1) is 6.92 Å². The number of hydrogen-bond donors (Lipinski definition) is 2. The van der Waals surface area contributed by atoms with Crippen LogP contribution in [-0.4, -0.2) is 28.0 Å². The third-order valence-electron chi connectivity index (χ3n) is 1.84. The average molecular weight is 212 g/mol. The molecule has 1 aromatic heterocycles. The van der Waals surface area contributed by atoms with Crippen molar-refractivity contribution < 1.29 is 0 Å². The van der Waals surface area contributed by atoms with E-state index in [2.05, 4.69) is 28.5 Å². The summed E-state index contributed by atoms with van der Waals surface area (Å²) in [4.78, 5) is 8.09. The van der Waals surface area contributed by atoms with E-state index < -0.39 is 0 Å². The van der Waals surface area contributed by atoms with Gasteiger partial charge in [-0.05, 0) is 13.2 Å². The van der Waals surface area contributed by atoms with Gasteiger partial charge in [0.25, 0.3) is 0 Å². The Labute approximate surface area is 88.7 Å². The summed E-state index contributed by atoms with van der Waals surface area (Å²) in [5.41, 5.74) is 6.42. The van der Waals surface area contributed by atoms with E-state index in [4.69, 9.17) is 5.73 Å². The van der Waals surface area contributed by atoms with Crippen LogP contribution in [0.5, 0.6) is 0 Å². The normalized spacial score (nSPS) is 12.5. The van der Waals surface area contributed by atoms with Crippen LogP contribution in [0.1, 0.15) is 12.6 Å². The first-order chi connectivity index (χ1) is 6.61. The zero-order valence-electron chi connectivity index (χ0n) is 8.74. The van der Waals surface area contributed by atoms with Crippen molar-refractivity contribution in [1.29, 1.82) is 0 Å². The Morgan fingerprint density at radius 2 is 2.29 bits per heavy atom. The average Bonchev–Trinajstić information content (AvgIpc) is 2.12. The number of nitrogen functional groups attached to an aromatic ring is 1. The van der Waals surface area contributed by atoms with Crippen molar-refractivity contribution in [3.63, 3.8) is 0 Å². The van der Waals surface area contributed by atoms with E-state index in [9.17, 15) is 0 Å². The number of aryl methyl sites for hydroxylation is 1. The minimum Gasteiger partial charge on any atom is -0.369 e. The van der Waals surface area contributed by atoms with Crippen molar-refractivity contribution in [1.82, 2.24) is 9.97 Å². The zero-order chi connectivity index (χ0) is 10.6. The van der Waals surface area contributed by atoms with E-state index in [1.54, 1.807) is 0 Å². The molecule has 0 aromatic carbocycles. The molecule has 0 aliphatic carbocycles. The first kappa shape index (κ1) is 11.1. The van der Waals surface area contributed by atoms with E-state index in [0.717, 1.165) is 18.1 Å². The predicted octanol–water partition coefficient (Wildman–Crippen LogP) is 1.53. The molecule has 0 aliphatic rings. The van der Waals surface area contributed by atoms with E-state index in [0.29, 0.717) is 11.2 Å². The summed E-state index contributed by atoms with van der Waals surface area (Å²) in [7, 11) is 0. The Bertz CT molecular complexity index is 283. The van der Waals surface area contributed by atoms with Crippen LogP contribution >= 0.6 is 11.8 Å². The second kappa shape index (κ2) is 5.05. The molecule has 0 amide bonds. The van der Waals surface area contributed by atoms with Gasteiger partial charge >= 0.3 is 0 Å². The third-order valence-corrected chi connectivity index (χ3v) is 2.82. The number of nitrogens with two attached hydrogens (primary N) is 1. The molecule has 1 aromatic rings. The molecular weight excluding hydrogens is 196 g/mol. The monoisotopic (exact) mass is 212 g/mol. The summed E-state index contributed by atoms with van der Waals surface area (Å²) in [6.07, 6.45) is 2.09. The SMILES string of the molecule is CSC(C)CNc1cc(C)nc(N)n1. The molecule has 14 heavy (non-hydrogen) atoms. The van der Waals surface area contributed by atoms with Crippen molar-refractivity contribution in [3.05, 3.63) is 11.8 Å². The molecule has 1 atom stereocenters. The van der Waals surface area contributed by atoms with E-state index in [1.807, 2.05) is 24.8 Å². The van der Waals surface area contributed by atoms with Crippen molar-refractivity contribution in [2.75, 3.05) is 23.9 Å². The minimum absolute atomic E-state index is 0.323. The van der Waals surface area contributed by atoms with Gasteiger partial charge in [-0.15, -0.1) is 0 Å². The summed E-state index contributed by atoms with van der Waals surface area (Å²) >= 11 is 1.82. The molecule has 4 nitrogen and oxygen atoms in total. The van der Waals surface area contributed by atoms with Crippen LogP contribution in [-0.2, 0) is 0 Å². The quantitative estimate of drug-likeness (QED) is 0.792. The van der Waals surface area contributed by atoms with Gasteiger partial charge in [-0.25, -0.2) is 4.98 Å². The van der Waals surface area contributed by atoms with E-state index in [1.165, 1.54) is 0 Å². The summed E-state index contributed by atoms with van der Waals surface area (Å²) in [5, 5.41) is 3.79. The highest BCUT2D eigenvalue weighted by Gasteiger charge is 2.01. The van der Waals surface area contributed by atoms with Crippen molar-refractivity contribution >= 4 is 23.5 Å². The number of anilines is 2. The van der Waals surface area contributed by atoms with Crippen LogP contribution < -0.4 is 11.1 Å². The Morgan fingerprint density at radius 3 is 2.86 bits per heavy atom. The van der Waals surface area contributed by atoms with Crippen molar-refractivity contribution in [3.8, 4) is 0 Å². The Hall–Kier alpha value is -0.970. The van der Waals surface area contributed by atoms with Gasteiger partial charge in [-0.1, -0.05) is 6.92 Å². The van der Waals surface area contributed by atoms with Crippen LogP contribution in [0.15, 0.2) is 6.07 Å². The van der Waals surface area contributed by atoms with Gasteiger partial charge in [-0.2, -0.15) is 16.7 Å². The standard InChI is InChI=1S/C9H16N4S/c1-6-4-8(13-9(10)12-6)11-5-7(2)14-3/h4,7H,5H2,1-3H3,(H3,10,11,12,13). The van der Waals surface area contributed by atoms with E-state index >= 15 is 0 Å². The Kier molecular flexibility index (Phi) is 4.00. The predicted molar refractivity (Wildman–Crippen MR) is 62.6 cm³/mol. The van der Waals surface area contributed by atoms with Crippen LogP contribution in [0.4, 0.5) is 11.8 Å². The lowest BCUT2D eigenvalue weighted by molar-refractivity contribution is 0.983. The van der Waals surface area contributed by atoms with Gasteiger partial charge in [-0.3, -0.25) is 0 Å². The van der Waals surface area contributed by atoms with Gasteiger partial charge in [0.1, 0.15) is 5.82 Å². The second-order valence-corrected chi connectivity index (χ2v) is 4.46. The second-order valence-electron chi connectivity index (χ2n) is 3.18. The number of aromatic nitrogens is 2. The Balaban J connectivity index is 2.58. The maximum Gasteiger partial charge on any atom is 0.222 e. The number of nitrogens with one attached hydrogen (secondary N) is 1. The zero-order valence-corrected chi connectivity index (χ0v) is 9.56. The van der Waals surface area contributed by atoms with Crippen LogP contribution in [0.3, 0.4) is 0 Å². The molecule has 1 rings (SSSR count). The molecular formula is C9H16N4S. The topological polar surface area (TPSA) is 63.8 Å². The summed E-state index contributed by atoms with van der Waals surface area (Å²) in [6.45, 7) is 4.95. The first-order valence-electron chi connectivity index (χ1n) is 4.49. The molecule has 1 unspecified atom stereocenters. The minimum atomic E-state index is 0.323. The fourth-order valence-electron chi connectivity index (χ4n) is 1.01. The van der Waals surface area contributed by atoms with Crippen LogP contribution in [0.25, 0.3) is 0 Å². The lowest BCUT2D eigenvalue weighted by Gasteiger charge is -2.10. The highest BCUT2D eigenvalue weighted by molar-refractivity contribution is 7.99. The number of thioether (sulfide) groups is 1. The highest BCUT2D eigenvalue weighted by atomic mass is 32.2. The molecule has 0 aliphatic heterocycles. The smallest absolute Gasteiger partial charge is 0.222 e. The summed E-state index contributed by atoms with van der Waals surface area (Å²) in [6, 6.07) is 1.89. The van der Waals surface area contributed by atoms with Gasteiger partial charge in [0, 0.05) is 23.6 Å². The molecule has 3 N–H and O–H groups in total. The third kappa shape index (κ3) is 3.41. The maximum absolute atomic E-state index is 5.53. The molecule has 0 fully saturated rings. The molecule has 0 bridgehead atoms. The first-order valence-corrected chi connectivity index (χ1v) is 5.78. The largest absolute Gasteiger partial charge is 0.369 e. The molecule has 0 radical (unpaired) electrons. The summed E-state index contributed by atoms with van der Waals surface area (Å²) in [5.74, 6) is 1.13. The fraction of sp³-hybridized carbons (Fsp3) is 0.556. The molecule has 0 saturated carbocycles. The van der Waals surface area contributed by atoms with Gasteiger partial charge in [0.15, 0.2) is 0 Å². The van der Waals surface area contributed by atoms with Crippen molar-refractivity contribution in [2.45, 2.75) is 19.1 Å². The lowest BCUT2D eigenvalue weighted by atomic mass is 10.4. The van der Waals surface area contributed by atoms with E-state index in [-0.39, 0.29) is 0 Å². The van der Waals surface area contributed by atoms with Gasteiger partial charge in [0.2, 0.25) is 5.95 Å². The molecule has 0 spiro atoms.